The number of halogens is 1. The molecule has 1 fully saturated rings. The first-order valence-electron chi connectivity index (χ1n) is 11.5. The summed E-state index contributed by atoms with van der Waals surface area (Å²) in [4.78, 5) is 10.4. The van der Waals surface area contributed by atoms with Crippen molar-refractivity contribution in [2.75, 3.05) is 0 Å². The van der Waals surface area contributed by atoms with Crippen LogP contribution in [-0.2, 0) is 16.8 Å². The molecule has 2 aromatic carbocycles. The summed E-state index contributed by atoms with van der Waals surface area (Å²) in [5, 5.41) is 0.618. The molecule has 4 aromatic rings. The van der Waals surface area contributed by atoms with Gasteiger partial charge in [0.15, 0.2) is 0 Å². The number of rotatable bonds is 6. The van der Waals surface area contributed by atoms with Gasteiger partial charge in [0.1, 0.15) is 25.9 Å². The third-order valence-corrected chi connectivity index (χ3v) is 9.06. The fraction of sp³-hybridized carbons (Fsp3) is 0.333. The lowest BCUT2D eigenvalue weighted by Crippen LogP contribution is -2.40. The quantitative estimate of drug-likeness (QED) is 0.304. The Bertz CT molecular complexity index is 1330. The van der Waals surface area contributed by atoms with E-state index in [4.69, 9.17) is 4.98 Å². The zero-order valence-electron chi connectivity index (χ0n) is 19.8. The van der Waals surface area contributed by atoms with Gasteiger partial charge in [-0.05, 0) is 75.9 Å². The second-order valence-electron chi connectivity index (χ2n) is 9.95. The summed E-state index contributed by atoms with van der Waals surface area (Å²) in [7, 11) is 0. The highest BCUT2D eigenvalue weighted by Crippen LogP contribution is 2.53. The molecule has 0 aliphatic heterocycles. The molecule has 1 saturated carbocycles. The maximum absolute atomic E-state index is 15.1. The standard InChI is InChI=1S/C27H28FN3OS2/c1-17(31-34(32)26(2,3)4)18-10-11-20(21(28)16-18)24-29-22-12-13-23(30-25(22)33-24)27(14-15-27)19-8-6-5-7-9-19/h5-13,16-17,31H,14-15H2,1-4H3. The number of aromatic nitrogens is 2. The molecule has 176 valence electrons. The van der Waals surface area contributed by atoms with Crippen LogP contribution in [0.4, 0.5) is 4.39 Å². The van der Waals surface area contributed by atoms with Crippen LogP contribution in [0.3, 0.4) is 0 Å². The molecule has 0 bridgehead atoms. The lowest BCUT2D eigenvalue weighted by atomic mass is 9.92. The molecule has 5 rings (SSSR count). The van der Waals surface area contributed by atoms with E-state index in [0.29, 0.717) is 10.6 Å². The minimum absolute atomic E-state index is 0.0111. The van der Waals surface area contributed by atoms with Gasteiger partial charge in [0.05, 0.1) is 11.7 Å². The number of thiazole rings is 1. The fourth-order valence-electron chi connectivity index (χ4n) is 4.15. The number of hydrogen-bond donors (Lipinski definition) is 1. The molecule has 0 radical (unpaired) electrons. The van der Waals surface area contributed by atoms with E-state index >= 15 is 4.39 Å². The van der Waals surface area contributed by atoms with Crippen molar-refractivity contribution in [1.82, 2.24) is 14.7 Å². The van der Waals surface area contributed by atoms with Crippen LogP contribution in [0.15, 0.2) is 60.7 Å². The number of pyridine rings is 1. The maximum atomic E-state index is 15.1. The van der Waals surface area contributed by atoms with E-state index in [9.17, 15) is 4.55 Å². The van der Waals surface area contributed by atoms with Gasteiger partial charge in [0.2, 0.25) is 0 Å². The molecule has 7 heteroatoms. The lowest BCUT2D eigenvalue weighted by Gasteiger charge is -2.26. The highest BCUT2D eigenvalue weighted by atomic mass is 32.2. The first-order chi connectivity index (χ1) is 16.2. The van der Waals surface area contributed by atoms with Crippen LogP contribution in [0, 0.1) is 5.82 Å². The van der Waals surface area contributed by atoms with Crippen molar-refractivity contribution in [2.45, 2.75) is 56.7 Å². The van der Waals surface area contributed by atoms with E-state index in [1.54, 1.807) is 6.07 Å². The second-order valence-corrected chi connectivity index (χ2v) is 12.9. The third-order valence-electron chi connectivity index (χ3n) is 6.39. The summed E-state index contributed by atoms with van der Waals surface area (Å²) in [5.74, 6) is -0.338. The van der Waals surface area contributed by atoms with Gasteiger partial charge in [-0.25, -0.2) is 14.4 Å². The lowest BCUT2D eigenvalue weighted by molar-refractivity contribution is 0.530. The number of hydrogen-bond acceptors (Lipinski definition) is 5. The Kier molecular flexibility index (Phi) is 6.01. The van der Waals surface area contributed by atoms with Gasteiger partial charge in [0, 0.05) is 22.3 Å². The van der Waals surface area contributed by atoms with Gasteiger partial charge in [0.25, 0.3) is 0 Å². The Morgan fingerprint density at radius 3 is 2.44 bits per heavy atom. The topological polar surface area (TPSA) is 60.9 Å². The van der Waals surface area contributed by atoms with Crippen molar-refractivity contribution >= 4 is 33.0 Å². The van der Waals surface area contributed by atoms with Crippen molar-refractivity contribution in [1.29, 1.82) is 0 Å². The highest BCUT2D eigenvalue weighted by Gasteiger charge is 2.47. The average Bonchev–Trinajstić information content (AvgIpc) is 3.51. The Labute approximate surface area is 207 Å². The predicted molar refractivity (Wildman–Crippen MR) is 139 cm³/mol. The van der Waals surface area contributed by atoms with Gasteiger partial charge in [-0.2, -0.15) is 0 Å². The summed E-state index contributed by atoms with van der Waals surface area (Å²) in [6.07, 6.45) is 2.17. The molecule has 1 aliphatic rings. The molecule has 2 heterocycles. The molecule has 0 saturated heterocycles. The molecule has 2 aromatic heterocycles. The van der Waals surface area contributed by atoms with Crippen molar-refractivity contribution < 1.29 is 8.94 Å². The average molecular weight is 494 g/mol. The molecule has 4 nitrogen and oxygen atoms in total. The summed E-state index contributed by atoms with van der Waals surface area (Å²) < 4.78 is 30.2. The second kappa shape index (κ2) is 8.72. The number of fused-ring (bicyclic) bond motifs is 1. The third kappa shape index (κ3) is 4.38. The predicted octanol–water partition coefficient (Wildman–Crippen LogP) is 6.69. The largest absolute Gasteiger partial charge is 0.598 e. The molecule has 2 atom stereocenters. The minimum Gasteiger partial charge on any atom is -0.598 e. The van der Waals surface area contributed by atoms with Gasteiger partial charge in [-0.15, -0.1) is 4.72 Å². The highest BCUT2D eigenvalue weighted by molar-refractivity contribution is 7.90. The zero-order chi connectivity index (χ0) is 24.1. The van der Waals surface area contributed by atoms with E-state index in [2.05, 4.69) is 40.0 Å². The number of nitrogens with zero attached hydrogens (tertiary/aromatic N) is 2. The Morgan fingerprint density at radius 2 is 1.79 bits per heavy atom. The van der Waals surface area contributed by atoms with E-state index in [1.165, 1.54) is 23.0 Å². The van der Waals surface area contributed by atoms with Gasteiger partial charge in [-0.3, -0.25) is 0 Å². The van der Waals surface area contributed by atoms with Crippen molar-refractivity contribution in [3.8, 4) is 10.6 Å². The molecule has 34 heavy (non-hydrogen) atoms. The van der Waals surface area contributed by atoms with Crippen LogP contribution < -0.4 is 4.72 Å². The Morgan fingerprint density at radius 1 is 1.06 bits per heavy atom. The van der Waals surface area contributed by atoms with Crippen LogP contribution in [0.25, 0.3) is 20.9 Å². The molecule has 0 amide bonds. The van der Waals surface area contributed by atoms with Gasteiger partial charge in [-0.1, -0.05) is 47.7 Å². The summed E-state index contributed by atoms with van der Waals surface area (Å²) in [6, 6.07) is 19.5. The first-order valence-corrected chi connectivity index (χ1v) is 13.5. The van der Waals surface area contributed by atoms with E-state index < -0.39 is 11.4 Å². The zero-order valence-corrected chi connectivity index (χ0v) is 21.4. The minimum atomic E-state index is -1.24. The summed E-state index contributed by atoms with van der Waals surface area (Å²) >= 11 is 0.184. The van der Waals surface area contributed by atoms with E-state index in [1.807, 2.05) is 45.9 Å². The van der Waals surface area contributed by atoms with Crippen LogP contribution in [0.2, 0.25) is 0 Å². The molecular weight excluding hydrogens is 465 g/mol. The van der Waals surface area contributed by atoms with Gasteiger partial charge >= 0.3 is 0 Å². The van der Waals surface area contributed by atoms with Crippen LogP contribution in [0.5, 0.6) is 0 Å². The molecule has 0 spiro atoms. The fourth-order valence-corrected chi connectivity index (χ4v) is 5.93. The molecule has 1 N–H and O–H groups in total. The van der Waals surface area contributed by atoms with Crippen molar-refractivity contribution in [3.63, 3.8) is 0 Å². The van der Waals surface area contributed by atoms with Crippen molar-refractivity contribution in [3.05, 3.63) is 83.3 Å². The number of nitrogens with one attached hydrogen (secondary N) is 1. The van der Waals surface area contributed by atoms with Crippen LogP contribution in [-0.4, -0.2) is 19.3 Å². The van der Waals surface area contributed by atoms with Crippen LogP contribution >= 0.6 is 11.3 Å². The summed E-state index contributed by atoms with van der Waals surface area (Å²) in [6.45, 7) is 7.61. The normalized spacial score (nSPS) is 17.0. The molecule has 1 aliphatic carbocycles. The summed E-state index contributed by atoms with van der Waals surface area (Å²) in [5.41, 5.74) is 4.34. The maximum Gasteiger partial charge on any atom is 0.144 e. The smallest absolute Gasteiger partial charge is 0.144 e. The Balaban J connectivity index is 1.42. The van der Waals surface area contributed by atoms with Crippen molar-refractivity contribution in [2.24, 2.45) is 0 Å². The van der Waals surface area contributed by atoms with Crippen LogP contribution in [0.1, 0.15) is 63.4 Å². The van der Waals surface area contributed by atoms with Gasteiger partial charge < -0.3 is 4.55 Å². The van der Waals surface area contributed by atoms with E-state index in [0.717, 1.165) is 34.4 Å². The first kappa shape index (κ1) is 23.4. The molecular formula is C27H28FN3OS2. The molecule has 2 unspecified atom stereocenters. The SMILES string of the molecule is CC(N[S+]([O-])C(C)(C)C)c1ccc(-c2nc3ccc(C4(c5ccccc5)CC4)nc3s2)c(F)c1. The number of benzene rings is 2. The Hall–Kier alpha value is -2.32. The monoisotopic (exact) mass is 493 g/mol. The van der Waals surface area contributed by atoms with E-state index in [-0.39, 0.29) is 22.0 Å².